The lowest BCUT2D eigenvalue weighted by molar-refractivity contribution is 0.824. The maximum absolute atomic E-state index is 2.24. The van der Waals surface area contributed by atoms with E-state index in [-0.39, 0.29) is 5.48 Å². The second-order valence-electron chi connectivity index (χ2n) is 9.34. The molecule has 37 heavy (non-hydrogen) atoms. The minimum Gasteiger partial charge on any atom is -0.412 e. The topological polar surface area (TPSA) is 31.5 Å². The van der Waals surface area contributed by atoms with Crippen LogP contribution in [-0.2, 0) is 0 Å². The van der Waals surface area contributed by atoms with Gasteiger partial charge in [-0.05, 0) is 64.6 Å². The minimum absolute atomic E-state index is 0. The van der Waals surface area contributed by atoms with Gasteiger partial charge in [-0.3, -0.25) is 0 Å². The Balaban J connectivity index is 0.000000133. The Labute approximate surface area is 215 Å². The summed E-state index contributed by atoms with van der Waals surface area (Å²) in [6.45, 7) is 0. The molecule has 0 saturated carbocycles. The fraction of sp³-hybridized carbons (Fsp3) is 0. The Morgan fingerprint density at radius 2 is 0.405 bits per heavy atom. The zero-order chi connectivity index (χ0) is 23.9. The Morgan fingerprint density at radius 3 is 0.649 bits per heavy atom. The van der Waals surface area contributed by atoms with E-state index in [0.29, 0.717) is 0 Å². The molecule has 1 nitrogen and oxygen atoms in total. The van der Waals surface area contributed by atoms with Gasteiger partial charge in [-0.15, -0.1) is 0 Å². The van der Waals surface area contributed by atoms with Crippen LogP contribution in [-0.4, -0.2) is 5.48 Å². The maximum Gasteiger partial charge on any atom is -0.00990 e. The Bertz CT molecular complexity index is 1750. The zero-order valence-electron chi connectivity index (χ0n) is 20.4. The highest BCUT2D eigenvalue weighted by Gasteiger charge is 2.04. The molecule has 0 amide bonds. The van der Waals surface area contributed by atoms with Crippen LogP contribution >= 0.6 is 0 Å². The summed E-state index contributed by atoms with van der Waals surface area (Å²) in [6, 6.07) is 52.1. The highest BCUT2D eigenvalue weighted by Crippen LogP contribution is 2.32. The molecule has 0 unspecified atom stereocenters. The van der Waals surface area contributed by atoms with Crippen molar-refractivity contribution >= 4 is 64.6 Å². The zero-order valence-corrected chi connectivity index (χ0v) is 20.4. The van der Waals surface area contributed by atoms with Gasteiger partial charge in [-0.1, -0.05) is 146 Å². The molecule has 2 N–H and O–H groups in total. The summed E-state index contributed by atoms with van der Waals surface area (Å²) < 4.78 is 0. The van der Waals surface area contributed by atoms with Crippen molar-refractivity contribution in [1.82, 2.24) is 0 Å². The summed E-state index contributed by atoms with van der Waals surface area (Å²) in [4.78, 5) is 0. The highest BCUT2D eigenvalue weighted by molar-refractivity contribution is 6.18. The smallest absolute Gasteiger partial charge is 0.00990 e. The van der Waals surface area contributed by atoms with Crippen LogP contribution in [0.15, 0.2) is 146 Å². The third-order valence-electron chi connectivity index (χ3n) is 7.30. The Hall–Kier alpha value is -4.72. The van der Waals surface area contributed by atoms with Crippen LogP contribution in [0, 0.1) is 0 Å². The molecule has 0 radical (unpaired) electrons. The van der Waals surface area contributed by atoms with Crippen LogP contribution in [0.3, 0.4) is 0 Å². The van der Waals surface area contributed by atoms with Crippen LogP contribution in [0.25, 0.3) is 64.6 Å². The summed E-state index contributed by atoms with van der Waals surface area (Å²) in [7, 11) is 0. The molecule has 0 heterocycles. The van der Waals surface area contributed by atoms with E-state index in [1.165, 1.54) is 64.6 Å². The van der Waals surface area contributed by atoms with E-state index in [1.54, 1.807) is 0 Å². The first-order valence-corrected chi connectivity index (χ1v) is 12.5. The number of benzene rings is 8. The molecule has 0 bridgehead atoms. The summed E-state index contributed by atoms with van der Waals surface area (Å²) >= 11 is 0. The van der Waals surface area contributed by atoms with Gasteiger partial charge in [0, 0.05) is 0 Å². The van der Waals surface area contributed by atoms with E-state index in [4.69, 9.17) is 0 Å². The van der Waals surface area contributed by atoms with Crippen molar-refractivity contribution in [2.75, 3.05) is 0 Å². The predicted molar refractivity (Wildman–Crippen MR) is 162 cm³/mol. The molecule has 8 aromatic rings. The molecule has 0 aliphatic heterocycles. The van der Waals surface area contributed by atoms with Crippen molar-refractivity contribution in [3.63, 3.8) is 0 Å². The molecule has 0 aliphatic rings. The summed E-state index contributed by atoms with van der Waals surface area (Å²) in [5.41, 5.74) is 0. The molecule has 0 saturated heterocycles. The van der Waals surface area contributed by atoms with E-state index in [9.17, 15) is 0 Å². The van der Waals surface area contributed by atoms with Crippen LogP contribution < -0.4 is 0 Å². The average Bonchev–Trinajstić information content (AvgIpc) is 2.97. The van der Waals surface area contributed by atoms with Gasteiger partial charge >= 0.3 is 0 Å². The van der Waals surface area contributed by atoms with Crippen LogP contribution in [0.5, 0.6) is 0 Å². The fourth-order valence-electron chi connectivity index (χ4n) is 5.54. The lowest BCUT2D eigenvalue weighted by atomic mass is 9.97. The van der Waals surface area contributed by atoms with Crippen molar-refractivity contribution in [3.8, 4) is 0 Å². The van der Waals surface area contributed by atoms with Gasteiger partial charge in [-0.2, -0.15) is 0 Å². The molecule has 0 spiro atoms. The predicted octanol–water partition coefficient (Wildman–Crippen LogP) is 9.47. The molecule has 0 fully saturated rings. The van der Waals surface area contributed by atoms with Gasteiger partial charge in [0.05, 0.1) is 0 Å². The van der Waals surface area contributed by atoms with Crippen molar-refractivity contribution in [3.05, 3.63) is 146 Å². The number of rotatable bonds is 0. The molecule has 1 heteroatoms. The average molecular weight is 475 g/mol. The van der Waals surface area contributed by atoms with Crippen LogP contribution in [0.4, 0.5) is 0 Å². The normalized spacial score (nSPS) is 11.0. The minimum atomic E-state index is 0. The molecular formula is C36H26O. The first kappa shape index (κ1) is 22.7. The lowest BCUT2D eigenvalue weighted by Gasteiger charge is -2.07. The number of fused-ring (bicyclic) bond motifs is 10. The molecule has 8 rings (SSSR count). The first-order chi connectivity index (χ1) is 17.9. The van der Waals surface area contributed by atoms with E-state index in [2.05, 4.69) is 146 Å². The largest absolute Gasteiger partial charge is 0.412 e. The quantitative estimate of drug-likeness (QED) is 0.196. The third-order valence-corrected chi connectivity index (χ3v) is 7.30. The van der Waals surface area contributed by atoms with Gasteiger partial charge in [0.15, 0.2) is 0 Å². The van der Waals surface area contributed by atoms with E-state index in [1.807, 2.05) is 0 Å². The second-order valence-corrected chi connectivity index (χ2v) is 9.34. The van der Waals surface area contributed by atoms with Gasteiger partial charge in [0.1, 0.15) is 0 Å². The molecule has 0 aromatic heterocycles. The van der Waals surface area contributed by atoms with Crippen LogP contribution in [0.1, 0.15) is 0 Å². The first-order valence-electron chi connectivity index (χ1n) is 12.5. The monoisotopic (exact) mass is 474 g/mol. The lowest BCUT2D eigenvalue weighted by Crippen LogP contribution is -1.79. The van der Waals surface area contributed by atoms with E-state index < -0.39 is 0 Å². The van der Waals surface area contributed by atoms with Gasteiger partial charge in [0.2, 0.25) is 0 Å². The molecule has 0 aliphatic carbocycles. The highest BCUT2D eigenvalue weighted by atomic mass is 16.0. The number of hydrogen-bond donors (Lipinski definition) is 0. The molecular weight excluding hydrogens is 448 g/mol. The molecule has 176 valence electrons. The van der Waals surface area contributed by atoms with Gasteiger partial charge in [-0.25, -0.2) is 0 Å². The molecule has 8 aromatic carbocycles. The van der Waals surface area contributed by atoms with Crippen LogP contribution in [0.2, 0.25) is 0 Å². The van der Waals surface area contributed by atoms with Crippen molar-refractivity contribution in [1.29, 1.82) is 0 Å². The van der Waals surface area contributed by atoms with Gasteiger partial charge in [0.25, 0.3) is 0 Å². The van der Waals surface area contributed by atoms with Crippen molar-refractivity contribution < 1.29 is 5.48 Å². The number of hydrogen-bond acceptors (Lipinski definition) is 0. The summed E-state index contributed by atoms with van der Waals surface area (Å²) in [5, 5.41) is 15.9. The van der Waals surface area contributed by atoms with Crippen molar-refractivity contribution in [2.45, 2.75) is 0 Å². The summed E-state index contributed by atoms with van der Waals surface area (Å²) in [6.07, 6.45) is 0. The second kappa shape index (κ2) is 9.39. The molecule has 0 atom stereocenters. The van der Waals surface area contributed by atoms with E-state index in [0.717, 1.165) is 0 Å². The van der Waals surface area contributed by atoms with Gasteiger partial charge < -0.3 is 5.48 Å². The summed E-state index contributed by atoms with van der Waals surface area (Å²) in [5.74, 6) is 0. The maximum atomic E-state index is 2.24. The Kier molecular flexibility index (Phi) is 5.76. The van der Waals surface area contributed by atoms with E-state index >= 15 is 0 Å². The standard InChI is InChI=1S/2C18H12.H2O/c2*1-3-7-15-13(5-1)9-11-18-16-8-4-2-6-14(16)10-12-17(15)18;/h2*1-12H;1H2. The van der Waals surface area contributed by atoms with Crippen molar-refractivity contribution in [2.24, 2.45) is 0 Å². The fourth-order valence-corrected chi connectivity index (χ4v) is 5.54. The Morgan fingerprint density at radius 1 is 0.189 bits per heavy atom. The SMILES string of the molecule is O.c1ccc2c(c1)ccc1c3ccccc3ccc21.c1ccc2c(c1)ccc1c3ccccc3ccc21. The third kappa shape index (κ3) is 3.87.